The van der Waals surface area contributed by atoms with Gasteiger partial charge in [0.15, 0.2) is 0 Å². The third kappa shape index (κ3) is 6.95. The first-order valence-electron chi connectivity index (χ1n) is 15.4. The van der Waals surface area contributed by atoms with Gasteiger partial charge in [0.1, 0.15) is 18.1 Å². The number of aryl methyl sites for hydroxylation is 1. The van der Waals surface area contributed by atoms with E-state index in [1.165, 1.54) is 10.6 Å². The van der Waals surface area contributed by atoms with Gasteiger partial charge in [0.2, 0.25) is 0 Å². The van der Waals surface area contributed by atoms with Crippen LogP contribution in [-0.2, 0) is 11.4 Å². The number of rotatable bonds is 10. The molecule has 1 aliphatic rings. The van der Waals surface area contributed by atoms with Crippen molar-refractivity contribution in [2.45, 2.75) is 18.4 Å². The first-order valence-corrected chi connectivity index (χ1v) is 16.4. The average molecular weight is 633 g/mol. The summed E-state index contributed by atoms with van der Waals surface area (Å²) in [6, 6.07) is 45.9. The maximum absolute atomic E-state index is 14.1. The summed E-state index contributed by atoms with van der Waals surface area (Å²) in [5.74, 6) is 1.10. The minimum absolute atomic E-state index is 0.172. The van der Waals surface area contributed by atoms with Gasteiger partial charge in [-0.25, -0.2) is 4.68 Å². The maximum atomic E-state index is 14.1. The number of hydrazone groups is 1. The summed E-state index contributed by atoms with van der Waals surface area (Å²) < 4.78 is 8.02. The summed E-state index contributed by atoms with van der Waals surface area (Å²) in [4.78, 5) is 15.2. The number of thioether (sulfide) groups is 1. The van der Waals surface area contributed by atoms with Gasteiger partial charge in [-0.05, 0) is 67.1 Å². The second-order valence-corrected chi connectivity index (χ2v) is 12.2. The van der Waals surface area contributed by atoms with Crippen LogP contribution in [0.3, 0.4) is 0 Å². The minimum Gasteiger partial charge on any atom is -0.489 e. The zero-order valence-corrected chi connectivity index (χ0v) is 26.7. The van der Waals surface area contributed by atoms with E-state index in [0.717, 1.165) is 44.4 Å². The van der Waals surface area contributed by atoms with E-state index in [0.29, 0.717) is 23.6 Å². The Labute approximate surface area is 278 Å². The van der Waals surface area contributed by atoms with Crippen LogP contribution in [0.4, 0.5) is 5.69 Å². The Morgan fingerprint density at radius 2 is 1.45 bits per heavy atom. The van der Waals surface area contributed by atoms with Crippen LogP contribution >= 0.6 is 11.8 Å². The van der Waals surface area contributed by atoms with Gasteiger partial charge in [0.25, 0.3) is 5.91 Å². The normalized spacial score (nSPS) is 13.6. The molecule has 2 heterocycles. The van der Waals surface area contributed by atoms with Crippen LogP contribution in [0.25, 0.3) is 23.0 Å². The van der Waals surface area contributed by atoms with E-state index in [-0.39, 0.29) is 5.91 Å². The van der Waals surface area contributed by atoms with Crippen molar-refractivity contribution in [1.82, 2.24) is 9.78 Å². The Morgan fingerprint density at radius 1 is 0.766 bits per heavy atom. The number of hydrogen-bond donors (Lipinski definition) is 0. The average Bonchev–Trinajstić information content (AvgIpc) is 3.69. The second kappa shape index (κ2) is 13.8. The van der Waals surface area contributed by atoms with Gasteiger partial charge in [0.05, 0.1) is 22.7 Å². The Balaban J connectivity index is 1.27. The van der Waals surface area contributed by atoms with Crippen LogP contribution < -0.4 is 9.75 Å². The molecule has 0 aliphatic carbocycles. The molecule has 0 bridgehead atoms. The number of ether oxygens (including phenoxy) is 1. The number of para-hydroxylation sites is 2. The van der Waals surface area contributed by atoms with Crippen molar-refractivity contribution in [2.24, 2.45) is 5.10 Å². The molecule has 1 aliphatic heterocycles. The van der Waals surface area contributed by atoms with Gasteiger partial charge in [0, 0.05) is 28.0 Å². The number of nitrogens with zero attached hydrogens (tertiary/aromatic N) is 4. The monoisotopic (exact) mass is 632 g/mol. The van der Waals surface area contributed by atoms with Crippen LogP contribution in [0, 0.1) is 6.92 Å². The first-order chi connectivity index (χ1) is 23.1. The van der Waals surface area contributed by atoms with Crippen molar-refractivity contribution in [3.05, 3.63) is 168 Å². The molecule has 7 heteroatoms. The van der Waals surface area contributed by atoms with Crippen LogP contribution in [0.1, 0.15) is 16.7 Å². The third-order valence-corrected chi connectivity index (χ3v) is 8.79. The zero-order chi connectivity index (χ0) is 32.0. The highest BCUT2D eigenvalue weighted by Gasteiger charge is 2.31. The van der Waals surface area contributed by atoms with Crippen molar-refractivity contribution >= 4 is 35.1 Å². The van der Waals surface area contributed by atoms with E-state index >= 15 is 0 Å². The van der Waals surface area contributed by atoms with E-state index in [4.69, 9.17) is 14.9 Å². The number of aromatic nitrogens is 2. The standard InChI is InChI=1S/C40H32N4O2S/c1-29-20-22-36(23-21-29)47-28-38-37(40(45)44(41-38)34-17-9-4-10-18-34)25-32-26-43(33-15-7-3-8-16-33)42-39(32)31-14-11-19-35(24-31)46-27-30-12-5-2-6-13-30/h2-26H,27-28H2,1H3/b37-25-. The highest BCUT2D eigenvalue weighted by atomic mass is 32.2. The minimum atomic E-state index is -0.172. The van der Waals surface area contributed by atoms with Crippen molar-refractivity contribution in [3.8, 4) is 22.7 Å². The van der Waals surface area contributed by atoms with Gasteiger partial charge < -0.3 is 4.74 Å². The molecule has 0 saturated carbocycles. The highest BCUT2D eigenvalue weighted by Crippen LogP contribution is 2.32. The van der Waals surface area contributed by atoms with Gasteiger partial charge in [-0.15, -0.1) is 11.8 Å². The number of carbonyl (C=O) groups excluding carboxylic acids is 1. The molecule has 7 rings (SSSR count). The molecule has 0 spiro atoms. The molecule has 0 saturated heterocycles. The lowest BCUT2D eigenvalue weighted by Crippen LogP contribution is -2.21. The summed E-state index contributed by atoms with van der Waals surface area (Å²) in [5.41, 5.74) is 7.62. The fourth-order valence-electron chi connectivity index (χ4n) is 5.30. The first kappa shape index (κ1) is 30.0. The highest BCUT2D eigenvalue weighted by molar-refractivity contribution is 8.00. The smallest absolute Gasteiger partial charge is 0.280 e. The van der Waals surface area contributed by atoms with Gasteiger partial charge >= 0.3 is 0 Å². The molecule has 1 amide bonds. The fraction of sp³-hybridized carbons (Fsp3) is 0.0750. The number of anilines is 1. The third-order valence-electron chi connectivity index (χ3n) is 7.77. The quantitative estimate of drug-likeness (QED) is 0.112. The predicted octanol–water partition coefficient (Wildman–Crippen LogP) is 9.01. The molecular formula is C40H32N4O2S. The summed E-state index contributed by atoms with van der Waals surface area (Å²) in [6.45, 7) is 2.53. The van der Waals surface area contributed by atoms with E-state index in [9.17, 15) is 4.79 Å². The number of benzene rings is 5. The van der Waals surface area contributed by atoms with Crippen molar-refractivity contribution in [3.63, 3.8) is 0 Å². The van der Waals surface area contributed by atoms with Crippen molar-refractivity contribution < 1.29 is 9.53 Å². The lowest BCUT2D eigenvalue weighted by Gasteiger charge is -2.11. The maximum Gasteiger partial charge on any atom is 0.280 e. The summed E-state index contributed by atoms with van der Waals surface area (Å²) in [7, 11) is 0. The summed E-state index contributed by atoms with van der Waals surface area (Å²) in [5, 5.41) is 11.4. The van der Waals surface area contributed by atoms with Gasteiger partial charge in [-0.2, -0.15) is 15.2 Å². The van der Waals surface area contributed by atoms with Crippen molar-refractivity contribution in [1.29, 1.82) is 0 Å². The Kier molecular flexibility index (Phi) is 8.79. The SMILES string of the molecule is Cc1ccc(SCC2=NN(c3ccccc3)C(=O)/C2=C\c2cn(-c3ccccc3)nc2-c2cccc(OCc3ccccc3)c2)cc1. The van der Waals surface area contributed by atoms with Crippen molar-refractivity contribution in [2.75, 3.05) is 10.8 Å². The molecule has 5 aromatic carbocycles. The van der Waals surface area contributed by atoms with Crippen LogP contribution in [-0.4, -0.2) is 27.2 Å². The predicted molar refractivity (Wildman–Crippen MR) is 191 cm³/mol. The molecule has 1 aromatic heterocycles. The molecular weight excluding hydrogens is 601 g/mol. The molecule has 0 atom stereocenters. The molecule has 47 heavy (non-hydrogen) atoms. The van der Waals surface area contributed by atoms with E-state index in [1.54, 1.807) is 11.8 Å². The molecule has 0 fully saturated rings. The van der Waals surface area contributed by atoms with E-state index in [1.807, 2.05) is 132 Å². The molecule has 0 radical (unpaired) electrons. The summed E-state index contributed by atoms with van der Waals surface area (Å²) >= 11 is 1.66. The molecule has 0 unspecified atom stereocenters. The van der Waals surface area contributed by atoms with Crippen LogP contribution in [0.2, 0.25) is 0 Å². The molecule has 6 nitrogen and oxygen atoms in total. The Bertz CT molecular complexity index is 2050. The number of carbonyl (C=O) groups is 1. The van der Waals surface area contributed by atoms with Crippen LogP contribution in [0.15, 0.2) is 161 Å². The Hall–Kier alpha value is -5.66. The largest absolute Gasteiger partial charge is 0.489 e. The zero-order valence-electron chi connectivity index (χ0n) is 25.9. The topological polar surface area (TPSA) is 59.7 Å². The number of hydrogen-bond acceptors (Lipinski definition) is 5. The lowest BCUT2D eigenvalue weighted by molar-refractivity contribution is -0.114. The van der Waals surface area contributed by atoms with Crippen LogP contribution in [0.5, 0.6) is 5.75 Å². The molecule has 6 aromatic rings. The van der Waals surface area contributed by atoms with Gasteiger partial charge in [-0.3, -0.25) is 4.79 Å². The Morgan fingerprint density at radius 3 is 2.17 bits per heavy atom. The van der Waals surface area contributed by atoms with Gasteiger partial charge in [-0.1, -0.05) is 96.6 Å². The molecule has 0 N–H and O–H groups in total. The van der Waals surface area contributed by atoms with E-state index in [2.05, 4.69) is 31.2 Å². The molecule has 230 valence electrons. The summed E-state index contributed by atoms with van der Waals surface area (Å²) in [6.07, 6.45) is 3.90. The van der Waals surface area contributed by atoms with E-state index < -0.39 is 0 Å². The fourth-order valence-corrected chi connectivity index (χ4v) is 6.14. The number of amides is 1. The second-order valence-electron chi connectivity index (χ2n) is 11.2. The lowest BCUT2D eigenvalue weighted by atomic mass is 10.0.